The van der Waals surface area contributed by atoms with Crippen molar-refractivity contribution in [1.29, 1.82) is 0 Å². The number of hydrogen-bond donors (Lipinski definition) is 1. The first-order chi connectivity index (χ1) is 12.6. The molecule has 2 fully saturated rings. The fraction of sp³-hybridized carbons (Fsp3) is 0.619. The summed E-state index contributed by atoms with van der Waals surface area (Å²) in [5.74, 6) is 0.983. The third-order valence-corrected chi connectivity index (χ3v) is 6.40. The molecule has 1 saturated carbocycles. The van der Waals surface area contributed by atoms with Gasteiger partial charge in [-0.3, -0.25) is 4.79 Å². The van der Waals surface area contributed by atoms with E-state index < -0.39 is 0 Å². The second kappa shape index (κ2) is 7.39. The number of ether oxygens (including phenoxy) is 1. The molecule has 3 aliphatic rings. The van der Waals surface area contributed by atoms with Gasteiger partial charge in [0.05, 0.1) is 5.71 Å². The topological polar surface area (TPSA) is 53.9 Å². The lowest BCUT2D eigenvalue weighted by Crippen LogP contribution is -2.46. The minimum atomic E-state index is -0.0562. The van der Waals surface area contributed by atoms with Gasteiger partial charge in [0.25, 0.3) is 0 Å². The van der Waals surface area contributed by atoms with Crippen LogP contribution in [0.1, 0.15) is 51.5 Å². The van der Waals surface area contributed by atoms with Gasteiger partial charge in [-0.2, -0.15) is 5.10 Å². The van der Waals surface area contributed by atoms with Crippen LogP contribution in [0.25, 0.3) is 0 Å². The number of rotatable bonds is 4. The van der Waals surface area contributed by atoms with Gasteiger partial charge < -0.3 is 9.64 Å². The molecule has 0 aromatic heterocycles. The number of amides is 1. The summed E-state index contributed by atoms with van der Waals surface area (Å²) in [5, 5.41) is 4.27. The Balaban J connectivity index is 1.34. The van der Waals surface area contributed by atoms with E-state index in [0.717, 1.165) is 35.9 Å². The summed E-state index contributed by atoms with van der Waals surface area (Å²) in [7, 11) is 0. The Bertz CT molecular complexity index is 673. The van der Waals surface area contributed by atoms with Crippen LogP contribution in [0.5, 0.6) is 5.75 Å². The number of benzene rings is 1. The van der Waals surface area contributed by atoms with Gasteiger partial charge in [0.15, 0.2) is 0 Å². The molecular formula is C21H29N3O2. The van der Waals surface area contributed by atoms with Crippen molar-refractivity contribution < 1.29 is 9.53 Å². The van der Waals surface area contributed by atoms with Crippen LogP contribution in [0.4, 0.5) is 0 Å². The standard InChI is InChI=1S/C21H29N3O2/c1-14-15(2)21(25)23-22-20(14)16-6-8-18(9-7-16)26-19-10-12-24(13-11-19)17-4-3-5-17/h6-9,14-15,17,19H,3-5,10-13H2,1-2H3,(H,23,25). The SMILES string of the molecule is CC1C(=O)NN=C(c2ccc(OC3CCN(C4CCC4)CC3)cc2)C1C. The molecule has 5 heteroatoms. The van der Waals surface area contributed by atoms with Crippen LogP contribution < -0.4 is 10.2 Å². The zero-order chi connectivity index (χ0) is 18.1. The fourth-order valence-electron chi connectivity index (χ4n) is 4.12. The van der Waals surface area contributed by atoms with Crippen LogP contribution in [0.15, 0.2) is 29.4 Å². The average molecular weight is 355 g/mol. The number of nitrogens with zero attached hydrogens (tertiary/aromatic N) is 2. The van der Waals surface area contributed by atoms with Crippen molar-refractivity contribution in [3.05, 3.63) is 29.8 Å². The Labute approximate surface area is 155 Å². The van der Waals surface area contributed by atoms with E-state index in [1.54, 1.807) is 0 Å². The number of hydrazone groups is 1. The second-order valence-electron chi connectivity index (χ2n) is 8.01. The van der Waals surface area contributed by atoms with E-state index >= 15 is 0 Å². The van der Waals surface area contributed by atoms with E-state index in [1.807, 2.05) is 19.1 Å². The molecule has 1 N–H and O–H groups in total. The molecule has 140 valence electrons. The molecule has 0 bridgehead atoms. The van der Waals surface area contributed by atoms with E-state index in [0.29, 0.717) is 6.10 Å². The van der Waals surface area contributed by atoms with E-state index in [4.69, 9.17) is 4.74 Å². The molecule has 0 spiro atoms. The molecule has 26 heavy (non-hydrogen) atoms. The lowest BCUT2D eigenvalue weighted by Gasteiger charge is -2.41. The van der Waals surface area contributed by atoms with E-state index in [2.05, 4.69) is 34.5 Å². The van der Waals surface area contributed by atoms with Gasteiger partial charge in [-0.05, 0) is 55.5 Å². The Kier molecular flexibility index (Phi) is 4.98. The highest BCUT2D eigenvalue weighted by Gasteiger charge is 2.30. The van der Waals surface area contributed by atoms with Crippen LogP contribution in [0.3, 0.4) is 0 Å². The Morgan fingerprint density at radius 1 is 1.04 bits per heavy atom. The number of piperidine rings is 1. The van der Waals surface area contributed by atoms with Crippen LogP contribution in [0, 0.1) is 11.8 Å². The number of carbonyl (C=O) groups is 1. The molecule has 2 unspecified atom stereocenters. The molecular weight excluding hydrogens is 326 g/mol. The Morgan fingerprint density at radius 3 is 2.35 bits per heavy atom. The van der Waals surface area contributed by atoms with Crippen molar-refractivity contribution in [2.24, 2.45) is 16.9 Å². The van der Waals surface area contributed by atoms with Crippen molar-refractivity contribution in [2.75, 3.05) is 13.1 Å². The third kappa shape index (κ3) is 3.50. The molecule has 4 rings (SSSR count). The minimum Gasteiger partial charge on any atom is -0.490 e. The first-order valence-electron chi connectivity index (χ1n) is 10.0. The summed E-state index contributed by atoms with van der Waals surface area (Å²) in [6.07, 6.45) is 6.72. The molecule has 1 amide bonds. The van der Waals surface area contributed by atoms with Crippen molar-refractivity contribution in [3.8, 4) is 5.75 Å². The van der Waals surface area contributed by atoms with Gasteiger partial charge in [0.1, 0.15) is 11.9 Å². The normalized spacial score (nSPS) is 28.2. The lowest BCUT2D eigenvalue weighted by molar-refractivity contribution is -0.125. The third-order valence-electron chi connectivity index (χ3n) is 6.40. The zero-order valence-corrected chi connectivity index (χ0v) is 15.8. The summed E-state index contributed by atoms with van der Waals surface area (Å²) >= 11 is 0. The van der Waals surface area contributed by atoms with Gasteiger partial charge in [-0.1, -0.05) is 20.3 Å². The highest BCUT2D eigenvalue weighted by atomic mass is 16.5. The van der Waals surface area contributed by atoms with Gasteiger partial charge in [-0.15, -0.1) is 0 Å². The predicted octanol–water partition coefficient (Wildman–Crippen LogP) is 3.19. The van der Waals surface area contributed by atoms with Crippen LogP contribution in [-0.2, 0) is 4.79 Å². The summed E-state index contributed by atoms with van der Waals surface area (Å²) < 4.78 is 6.21. The molecule has 2 aliphatic heterocycles. The highest BCUT2D eigenvalue weighted by Crippen LogP contribution is 2.29. The highest BCUT2D eigenvalue weighted by molar-refractivity contribution is 6.06. The Morgan fingerprint density at radius 2 is 1.73 bits per heavy atom. The van der Waals surface area contributed by atoms with Gasteiger partial charge in [0.2, 0.25) is 5.91 Å². The molecule has 5 nitrogen and oxygen atoms in total. The molecule has 1 aromatic rings. The summed E-state index contributed by atoms with van der Waals surface area (Å²) in [6, 6.07) is 9.02. The zero-order valence-electron chi connectivity index (χ0n) is 15.8. The summed E-state index contributed by atoms with van der Waals surface area (Å²) in [6.45, 7) is 6.34. The van der Waals surface area contributed by atoms with Gasteiger partial charge in [0, 0.05) is 31.0 Å². The predicted molar refractivity (Wildman–Crippen MR) is 102 cm³/mol. The van der Waals surface area contributed by atoms with E-state index in [1.165, 1.54) is 32.4 Å². The quantitative estimate of drug-likeness (QED) is 0.902. The van der Waals surface area contributed by atoms with Crippen LogP contribution >= 0.6 is 0 Å². The monoisotopic (exact) mass is 355 g/mol. The molecule has 0 radical (unpaired) electrons. The minimum absolute atomic E-state index is 0.00514. The summed E-state index contributed by atoms with van der Waals surface area (Å²) in [4.78, 5) is 14.3. The van der Waals surface area contributed by atoms with Crippen molar-refractivity contribution in [2.45, 2.75) is 58.1 Å². The molecule has 2 atom stereocenters. The molecule has 1 saturated heterocycles. The molecule has 2 heterocycles. The lowest BCUT2D eigenvalue weighted by atomic mass is 9.86. The fourth-order valence-corrected chi connectivity index (χ4v) is 4.12. The maximum Gasteiger partial charge on any atom is 0.243 e. The van der Waals surface area contributed by atoms with Crippen LogP contribution in [0.2, 0.25) is 0 Å². The molecule has 1 aromatic carbocycles. The van der Waals surface area contributed by atoms with Gasteiger partial charge in [-0.25, -0.2) is 5.43 Å². The summed E-state index contributed by atoms with van der Waals surface area (Å²) in [5.41, 5.74) is 4.62. The first kappa shape index (κ1) is 17.5. The molecule has 1 aliphatic carbocycles. The number of nitrogens with one attached hydrogen (secondary N) is 1. The van der Waals surface area contributed by atoms with Crippen molar-refractivity contribution >= 4 is 11.6 Å². The average Bonchev–Trinajstić information content (AvgIpc) is 2.61. The van der Waals surface area contributed by atoms with Crippen LogP contribution in [-0.4, -0.2) is 41.8 Å². The van der Waals surface area contributed by atoms with E-state index in [-0.39, 0.29) is 17.7 Å². The number of hydrogen-bond acceptors (Lipinski definition) is 4. The van der Waals surface area contributed by atoms with E-state index in [9.17, 15) is 4.79 Å². The largest absolute Gasteiger partial charge is 0.490 e. The Hall–Kier alpha value is -1.88. The smallest absolute Gasteiger partial charge is 0.243 e. The van der Waals surface area contributed by atoms with Gasteiger partial charge >= 0.3 is 0 Å². The van der Waals surface area contributed by atoms with Crippen molar-refractivity contribution in [1.82, 2.24) is 10.3 Å². The maximum atomic E-state index is 11.7. The first-order valence-corrected chi connectivity index (χ1v) is 10.0. The van der Waals surface area contributed by atoms with Crippen molar-refractivity contribution in [3.63, 3.8) is 0 Å². The number of carbonyl (C=O) groups excluding carboxylic acids is 1. The number of likely N-dealkylation sites (tertiary alicyclic amines) is 1. The second-order valence-corrected chi connectivity index (χ2v) is 8.01. The maximum absolute atomic E-state index is 11.7.